The summed E-state index contributed by atoms with van der Waals surface area (Å²) in [6.07, 6.45) is 2.38. The van der Waals surface area contributed by atoms with Gasteiger partial charge < -0.3 is 5.73 Å². The van der Waals surface area contributed by atoms with Gasteiger partial charge in [0, 0.05) is 6.54 Å². The standard InChI is InChI=1S/C12H23N3O3/c1-4-5-6-15(11(17)8-16)14-10(12(13)18)7-9(2)3/h8-10,14H,4-7H2,1-3H3,(H2,13,18)/t10-/m0/s1. The molecule has 0 aromatic rings. The Morgan fingerprint density at radius 3 is 2.39 bits per heavy atom. The summed E-state index contributed by atoms with van der Waals surface area (Å²) in [4.78, 5) is 33.2. The molecule has 1 atom stereocenters. The largest absolute Gasteiger partial charge is 0.368 e. The van der Waals surface area contributed by atoms with Crippen molar-refractivity contribution in [3.63, 3.8) is 0 Å². The number of hydrogen-bond acceptors (Lipinski definition) is 4. The average Bonchev–Trinajstić information content (AvgIpc) is 2.31. The van der Waals surface area contributed by atoms with Crippen molar-refractivity contribution in [2.45, 2.75) is 46.1 Å². The Hall–Kier alpha value is -1.43. The SMILES string of the molecule is CCCCN(N[C@@H](CC(C)C)C(N)=O)C(=O)C=O. The van der Waals surface area contributed by atoms with Gasteiger partial charge in [-0.3, -0.25) is 19.4 Å². The molecule has 6 heteroatoms. The summed E-state index contributed by atoms with van der Waals surface area (Å²) >= 11 is 0. The summed E-state index contributed by atoms with van der Waals surface area (Å²) in [7, 11) is 0. The number of aldehydes is 1. The minimum atomic E-state index is -0.682. The fourth-order valence-electron chi connectivity index (χ4n) is 1.51. The van der Waals surface area contributed by atoms with Gasteiger partial charge in [-0.05, 0) is 18.8 Å². The van der Waals surface area contributed by atoms with Gasteiger partial charge >= 0.3 is 5.91 Å². The highest BCUT2D eigenvalue weighted by Gasteiger charge is 2.22. The molecule has 2 amide bonds. The maximum Gasteiger partial charge on any atom is 0.300 e. The van der Waals surface area contributed by atoms with E-state index in [1.807, 2.05) is 20.8 Å². The van der Waals surface area contributed by atoms with E-state index in [1.165, 1.54) is 5.01 Å². The molecule has 0 aromatic heterocycles. The Bertz CT molecular complexity index is 292. The second kappa shape index (κ2) is 8.63. The minimum absolute atomic E-state index is 0.232. The van der Waals surface area contributed by atoms with E-state index in [2.05, 4.69) is 5.43 Å². The number of rotatable bonds is 9. The summed E-state index contributed by atoms with van der Waals surface area (Å²) in [6.45, 7) is 6.27. The summed E-state index contributed by atoms with van der Waals surface area (Å²) in [5, 5.41) is 1.17. The Kier molecular flexibility index (Phi) is 7.94. The van der Waals surface area contributed by atoms with Crippen molar-refractivity contribution in [2.75, 3.05) is 6.54 Å². The molecule has 18 heavy (non-hydrogen) atoms. The molecule has 0 radical (unpaired) electrons. The van der Waals surface area contributed by atoms with Crippen LogP contribution in [0, 0.1) is 5.92 Å². The lowest BCUT2D eigenvalue weighted by molar-refractivity contribution is -0.142. The zero-order valence-electron chi connectivity index (χ0n) is 11.3. The average molecular weight is 257 g/mol. The maximum atomic E-state index is 11.4. The van der Waals surface area contributed by atoms with Gasteiger partial charge in [-0.1, -0.05) is 27.2 Å². The molecule has 0 spiro atoms. The van der Waals surface area contributed by atoms with Gasteiger partial charge in [0.15, 0.2) is 0 Å². The fraction of sp³-hybridized carbons (Fsp3) is 0.750. The molecule has 0 aromatic carbocycles. The Morgan fingerprint density at radius 2 is 2.00 bits per heavy atom. The molecular weight excluding hydrogens is 234 g/mol. The van der Waals surface area contributed by atoms with Gasteiger partial charge in [0.1, 0.15) is 6.04 Å². The van der Waals surface area contributed by atoms with Crippen molar-refractivity contribution >= 4 is 18.1 Å². The third-order valence-electron chi connectivity index (χ3n) is 2.46. The molecular formula is C12H23N3O3. The third-order valence-corrected chi connectivity index (χ3v) is 2.46. The highest BCUT2D eigenvalue weighted by Crippen LogP contribution is 2.05. The van der Waals surface area contributed by atoms with Crippen molar-refractivity contribution in [1.29, 1.82) is 0 Å². The molecule has 0 aliphatic heterocycles. The summed E-state index contributed by atoms with van der Waals surface area (Å²) < 4.78 is 0. The topological polar surface area (TPSA) is 92.5 Å². The van der Waals surface area contributed by atoms with Gasteiger partial charge in [-0.25, -0.2) is 5.43 Å². The van der Waals surface area contributed by atoms with Crippen LogP contribution in [-0.2, 0) is 14.4 Å². The molecule has 0 fully saturated rings. The van der Waals surface area contributed by atoms with Gasteiger partial charge in [-0.2, -0.15) is 0 Å². The molecule has 0 aliphatic carbocycles. The van der Waals surface area contributed by atoms with E-state index < -0.39 is 17.9 Å². The lowest BCUT2D eigenvalue weighted by Crippen LogP contribution is -2.54. The van der Waals surface area contributed by atoms with Crippen molar-refractivity contribution < 1.29 is 14.4 Å². The highest BCUT2D eigenvalue weighted by atomic mass is 16.2. The van der Waals surface area contributed by atoms with E-state index in [0.29, 0.717) is 13.0 Å². The highest BCUT2D eigenvalue weighted by molar-refractivity contribution is 6.23. The maximum absolute atomic E-state index is 11.4. The molecule has 0 rings (SSSR count). The van der Waals surface area contributed by atoms with E-state index in [-0.39, 0.29) is 12.2 Å². The van der Waals surface area contributed by atoms with Crippen LogP contribution in [0.25, 0.3) is 0 Å². The number of amides is 2. The number of nitrogens with zero attached hydrogens (tertiary/aromatic N) is 1. The van der Waals surface area contributed by atoms with Crippen LogP contribution in [0.15, 0.2) is 0 Å². The zero-order chi connectivity index (χ0) is 14.1. The van der Waals surface area contributed by atoms with Crippen LogP contribution in [0.2, 0.25) is 0 Å². The van der Waals surface area contributed by atoms with Gasteiger partial charge in [0.2, 0.25) is 12.2 Å². The smallest absolute Gasteiger partial charge is 0.300 e. The van der Waals surface area contributed by atoms with Gasteiger partial charge in [-0.15, -0.1) is 0 Å². The molecule has 0 saturated heterocycles. The molecule has 104 valence electrons. The number of carbonyl (C=O) groups excluding carboxylic acids is 3. The number of carbonyl (C=O) groups is 3. The van der Waals surface area contributed by atoms with Gasteiger partial charge in [0.05, 0.1) is 0 Å². The molecule has 0 bridgehead atoms. The zero-order valence-corrected chi connectivity index (χ0v) is 11.3. The van der Waals surface area contributed by atoms with Crippen molar-refractivity contribution in [2.24, 2.45) is 11.7 Å². The number of hydrogen-bond donors (Lipinski definition) is 2. The molecule has 0 heterocycles. The van der Waals surface area contributed by atoms with Crippen LogP contribution < -0.4 is 11.2 Å². The number of hydrazine groups is 1. The second-order valence-corrected chi connectivity index (χ2v) is 4.67. The predicted molar refractivity (Wildman–Crippen MR) is 68.3 cm³/mol. The quantitative estimate of drug-likeness (QED) is 0.351. The van der Waals surface area contributed by atoms with Crippen molar-refractivity contribution in [1.82, 2.24) is 10.4 Å². The van der Waals surface area contributed by atoms with Gasteiger partial charge in [0.25, 0.3) is 0 Å². The van der Waals surface area contributed by atoms with Crippen LogP contribution in [0.5, 0.6) is 0 Å². The number of primary amides is 1. The van der Waals surface area contributed by atoms with E-state index in [4.69, 9.17) is 5.73 Å². The third kappa shape index (κ3) is 6.34. The van der Waals surface area contributed by atoms with E-state index in [0.717, 1.165) is 12.8 Å². The van der Waals surface area contributed by atoms with Crippen molar-refractivity contribution in [3.8, 4) is 0 Å². The molecule has 0 saturated carbocycles. The van der Waals surface area contributed by atoms with Crippen LogP contribution in [0.3, 0.4) is 0 Å². The monoisotopic (exact) mass is 257 g/mol. The molecule has 6 nitrogen and oxygen atoms in total. The van der Waals surface area contributed by atoms with E-state index in [1.54, 1.807) is 0 Å². The van der Waals surface area contributed by atoms with E-state index >= 15 is 0 Å². The first-order valence-corrected chi connectivity index (χ1v) is 6.24. The Balaban J connectivity index is 4.62. The molecule has 3 N–H and O–H groups in total. The second-order valence-electron chi connectivity index (χ2n) is 4.67. The van der Waals surface area contributed by atoms with Crippen LogP contribution in [-0.4, -0.2) is 35.7 Å². The lowest BCUT2D eigenvalue weighted by atomic mass is 10.0. The Labute approximate surface area is 108 Å². The van der Waals surface area contributed by atoms with Crippen molar-refractivity contribution in [3.05, 3.63) is 0 Å². The lowest BCUT2D eigenvalue weighted by Gasteiger charge is -2.26. The molecule has 0 aliphatic rings. The summed E-state index contributed by atoms with van der Waals surface area (Å²) in [6, 6.07) is -0.634. The normalized spacial score (nSPS) is 12.2. The summed E-state index contributed by atoms with van der Waals surface area (Å²) in [5.41, 5.74) is 8.02. The number of nitrogens with two attached hydrogens (primary N) is 1. The predicted octanol–water partition coefficient (Wildman–Crippen LogP) is 0.219. The molecule has 0 unspecified atom stereocenters. The first-order valence-electron chi connectivity index (χ1n) is 6.24. The van der Waals surface area contributed by atoms with Crippen LogP contribution in [0.4, 0.5) is 0 Å². The first-order chi connectivity index (χ1) is 8.42. The van der Waals surface area contributed by atoms with Crippen LogP contribution >= 0.6 is 0 Å². The fourth-order valence-corrected chi connectivity index (χ4v) is 1.51. The van der Waals surface area contributed by atoms with E-state index in [9.17, 15) is 14.4 Å². The first kappa shape index (κ1) is 16.6. The Morgan fingerprint density at radius 1 is 1.39 bits per heavy atom. The van der Waals surface area contributed by atoms with Crippen LogP contribution in [0.1, 0.15) is 40.0 Å². The summed E-state index contributed by atoms with van der Waals surface area (Å²) in [5.74, 6) is -0.947. The number of unbranched alkanes of at least 4 members (excludes halogenated alkanes) is 1. The number of nitrogens with one attached hydrogen (secondary N) is 1. The minimum Gasteiger partial charge on any atom is -0.368 e.